The van der Waals surface area contributed by atoms with Crippen molar-refractivity contribution in [1.29, 1.82) is 0 Å². The molecule has 3 atom stereocenters. The molecule has 1 aromatic rings. The van der Waals surface area contributed by atoms with Gasteiger partial charge in [-0.15, -0.1) is 0 Å². The van der Waals surface area contributed by atoms with Gasteiger partial charge in [-0.1, -0.05) is 19.0 Å². The highest BCUT2D eigenvalue weighted by Crippen LogP contribution is 2.35. The molecular weight excluding hydrogens is 230 g/mol. The Morgan fingerprint density at radius 1 is 1.28 bits per heavy atom. The van der Waals surface area contributed by atoms with Crippen LogP contribution in [0.25, 0.3) is 0 Å². The summed E-state index contributed by atoms with van der Waals surface area (Å²) in [6, 6.07) is 0.989. The fourth-order valence-electron chi connectivity index (χ4n) is 3.04. The summed E-state index contributed by atoms with van der Waals surface area (Å²) in [7, 11) is 0. The van der Waals surface area contributed by atoms with Crippen molar-refractivity contribution in [2.24, 2.45) is 5.92 Å². The normalized spacial score (nSPS) is 31.6. The van der Waals surface area contributed by atoms with Crippen LogP contribution >= 0.6 is 0 Å². The minimum absolute atomic E-state index is 0.304. The number of ether oxygens (including phenoxy) is 1. The molecule has 100 valence electrons. The second kappa shape index (κ2) is 4.88. The fourth-order valence-corrected chi connectivity index (χ4v) is 3.04. The van der Waals surface area contributed by atoms with Crippen LogP contribution in [-0.4, -0.2) is 28.9 Å². The molecule has 2 fully saturated rings. The van der Waals surface area contributed by atoms with Crippen LogP contribution in [0.2, 0.25) is 0 Å². The van der Waals surface area contributed by atoms with Gasteiger partial charge in [0.15, 0.2) is 5.82 Å². The summed E-state index contributed by atoms with van der Waals surface area (Å²) >= 11 is 0. The van der Waals surface area contributed by atoms with Crippen molar-refractivity contribution in [1.82, 2.24) is 10.1 Å². The van der Waals surface area contributed by atoms with Gasteiger partial charge in [0.2, 0.25) is 0 Å². The van der Waals surface area contributed by atoms with Crippen molar-refractivity contribution in [3.05, 3.63) is 5.82 Å². The van der Waals surface area contributed by atoms with Crippen molar-refractivity contribution in [3.63, 3.8) is 0 Å². The van der Waals surface area contributed by atoms with E-state index in [9.17, 15) is 0 Å². The van der Waals surface area contributed by atoms with Crippen molar-refractivity contribution in [2.45, 2.75) is 57.6 Å². The maximum atomic E-state index is 5.76. The van der Waals surface area contributed by atoms with E-state index in [1.807, 2.05) is 0 Å². The zero-order valence-corrected chi connectivity index (χ0v) is 11.1. The molecule has 5 heteroatoms. The second-order valence-electron chi connectivity index (χ2n) is 5.66. The van der Waals surface area contributed by atoms with E-state index in [1.54, 1.807) is 0 Å². The molecule has 3 rings (SSSR count). The highest BCUT2D eigenvalue weighted by Gasteiger charge is 2.38. The fraction of sp³-hybridized carbons (Fsp3) is 0.846. The van der Waals surface area contributed by atoms with Crippen molar-refractivity contribution in [2.75, 3.05) is 11.9 Å². The average molecular weight is 251 g/mol. The zero-order chi connectivity index (χ0) is 12.5. The van der Waals surface area contributed by atoms with Gasteiger partial charge in [0, 0.05) is 24.5 Å². The van der Waals surface area contributed by atoms with Gasteiger partial charge in [-0.3, -0.25) is 0 Å². The van der Waals surface area contributed by atoms with Gasteiger partial charge < -0.3 is 14.6 Å². The largest absolute Gasteiger partial charge is 0.378 e. The molecule has 1 saturated heterocycles. The molecule has 2 aliphatic rings. The molecule has 3 unspecified atom stereocenters. The lowest BCUT2D eigenvalue weighted by molar-refractivity contribution is 0.0616. The minimum atomic E-state index is 0.304. The summed E-state index contributed by atoms with van der Waals surface area (Å²) in [5.74, 6) is 1.68. The lowest BCUT2D eigenvalue weighted by Crippen LogP contribution is -2.38. The van der Waals surface area contributed by atoms with E-state index in [2.05, 4.69) is 29.3 Å². The van der Waals surface area contributed by atoms with Crippen LogP contribution in [0.1, 0.15) is 51.3 Å². The number of rotatable bonds is 3. The van der Waals surface area contributed by atoms with Gasteiger partial charge in [-0.2, -0.15) is 4.98 Å². The Hall–Kier alpha value is -1.10. The third-order valence-electron chi connectivity index (χ3n) is 4.05. The van der Waals surface area contributed by atoms with Crippen LogP contribution in [-0.2, 0) is 4.74 Å². The lowest BCUT2D eigenvalue weighted by atomic mass is 9.82. The van der Waals surface area contributed by atoms with E-state index in [1.165, 1.54) is 19.3 Å². The van der Waals surface area contributed by atoms with E-state index < -0.39 is 0 Å². The zero-order valence-electron chi connectivity index (χ0n) is 11.1. The quantitative estimate of drug-likeness (QED) is 0.894. The van der Waals surface area contributed by atoms with Crippen molar-refractivity contribution in [3.8, 4) is 0 Å². The first-order valence-electron chi connectivity index (χ1n) is 6.96. The van der Waals surface area contributed by atoms with Crippen LogP contribution in [0.15, 0.2) is 4.52 Å². The summed E-state index contributed by atoms with van der Waals surface area (Å²) in [4.78, 5) is 4.39. The maximum absolute atomic E-state index is 5.76. The molecule has 1 aromatic heterocycles. The van der Waals surface area contributed by atoms with Crippen LogP contribution in [0.4, 0.5) is 6.01 Å². The van der Waals surface area contributed by atoms with E-state index in [4.69, 9.17) is 9.26 Å². The Morgan fingerprint density at radius 2 is 2.17 bits per heavy atom. The molecule has 2 heterocycles. The van der Waals surface area contributed by atoms with Crippen LogP contribution in [0.3, 0.4) is 0 Å². The molecule has 1 aliphatic carbocycles. The van der Waals surface area contributed by atoms with Crippen molar-refractivity contribution < 1.29 is 9.26 Å². The summed E-state index contributed by atoms with van der Waals surface area (Å²) < 4.78 is 11.0. The summed E-state index contributed by atoms with van der Waals surface area (Å²) in [5, 5.41) is 7.39. The molecule has 5 nitrogen and oxygen atoms in total. The Balaban J connectivity index is 1.67. The molecular formula is C13H21N3O2. The lowest BCUT2D eigenvalue weighted by Gasteiger charge is -2.32. The van der Waals surface area contributed by atoms with Gasteiger partial charge in [-0.05, 0) is 25.7 Å². The van der Waals surface area contributed by atoms with Gasteiger partial charge in [0.1, 0.15) is 0 Å². The molecule has 0 bridgehead atoms. The third kappa shape index (κ3) is 2.23. The first-order chi connectivity index (χ1) is 8.74. The highest BCUT2D eigenvalue weighted by atomic mass is 16.5. The molecule has 0 aromatic carbocycles. The Bertz CT molecular complexity index is 405. The molecule has 0 spiro atoms. The van der Waals surface area contributed by atoms with Gasteiger partial charge >= 0.3 is 6.01 Å². The third-order valence-corrected chi connectivity index (χ3v) is 4.05. The molecule has 1 N–H and O–H groups in total. The molecule has 1 saturated carbocycles. The standard InChI is InChI=1S/C13H21N3O2/c1-8(2)12-15-13(18-16-12)14-10-4-3-5-11-9(10)6-7-17-11/h8-11H,3-7H2,1-2H3,(H,14,15,16). The predicted octanol–water partition coefficient (Wildman–Crippen LogP) is 2.56. The van der Waals surface area contributed by atoms with E-state index in [0.717, 1.165) is 18.9 Å². The number of nitrogens with zero attached hydrogens (tertiary/aromatic N) is 2. The number of hydrogen-bond donors (Lipinski definition) is 1. The first kappa shape index (κ1) is 12.0. The summed E-state index contributed by atoms with van der Waals surface area (Å²) in [6.45, 7) is 5.03. The van der Waals surface area contributed by atoms with Crippen LogP contribution in [0.5, 0.6) is 0 Å². The number of fused-ring (bicyclic) bond motifs is 1. The molecule has 18 heavy (non-hydrogen) atoms. The first-order valence-corrected chi connectivity index (χ1v) is 6.96. The predicted molar refractivity (Wildman–Crippen MR) is 67.5 cm³/mol. The Kier molecular flexibility index (Phi) is 3.24. The van der Waals surface area contributed by atoms with Gasteiger partial charge in [-0.25, -0.2) is 0 Å². The Morgan fingerprint density at radius 3 is 2.94 bits per heavy atom. The van der Waals surface area contributed by atoms with E-state index in [-0.39, 0.29) is 0 Å². The average Bonchev–Trinajstić information content (AvgIpc) is 2.97. The second-order valence-corrected chi connectivity index (χ2v) is 5.66. The number of anilines is 1. The van der Waals surface area contributed by atoms with Crippen LogP contribution in [0, 0.1) is 5.92 Å². The van der Waals surface area contributed by atoms with E-state index in [0.29, 0.717) is 30.0 Å². The van der Waals surface area contributed by atoms with E-state index >= 15 is 0 Å². The summed E-state index contributed by atoms with van der Waals surface area (Å²) in [5.41, 5.74) is 0. The summed E-state index contributed by atoms with van der Waals surface area (Å²) in [6.07, 6.45) is 5.16. The highest BCUT2D eigenvalue weighted by molar-refractivity contribution is 5.22. The smallest absolute Gasteiger partial charge is 0.321 e. The van der Waals surface area contributed by atoms with Crippen LogP contribution < -0.4 is 5.32 Å². The Labute approximate surface area is 107 Å². The number of nitrogens with one attached hydrogen (secondary N) is 1. The van der Waals surface area contributed by atoms with Gasteiger partial charge in [0.25, 0.3) is 0 Å². The molecule has 1 aliphatic heterocycles. The minimum Gasteiger partial charge on any atom is -0.378 e. The number of hydrogen-bond acceptors (Lipinski definition) is 5. The topological polar surface area (TPSA) is 60.2 Å². The number of aromatic nitrogens is 2. The monoisotopic (exact) mass is 251 g/mol. The molecule has 0 amide bonds. The van der Waals surface area contributed by atoms with Crippen molar-refractivity contribution >= 4 is 6.01 Å². The molecule has 0 radical (unpaired) electrons. The SMILES string of the molecule is CC(C)c1noc(NC2CCCC3OCCC23)n1. The van der Waals surface area contributed by atoms with Gasteiger partial charge in [0.05, 0.1) is 6.10 Å². The maximum Gasteiger partial charge on any atom is 0.321 e.